The Morgan fingerprint density at radius 2 is 1.71 bits per heavy atom. The zero-order chi connectivity index (χ0) is 21.8. The summed E-state index contributed by atoms with van der Waals surface area (Å²) in [5.74, 6) is 0.678. The van der Waals surface area contributed by atoms with Crippen molar-refractivity contribution in [3.05, 3.63) is 83.4 Å². The minimum Gasteiger partial charge on any atom is -0.497 e. The maximum absolute atomic E-state index is 13.3. The van der Waals surface area contributed by atoms with Gasteiger partial charge in [0, 0.05) is 48.0 Å². The number of likely N-dealkylation sites (N-methyl/N-ethyl adjacent to an activating group) is 1. The molecule has 0 atom stereocenters. The molecule has 6 nitrogen and oxygen atoms in total. The first-order valence-electron chi connectivity index (χ1n) is 10.1. The number of fused-ring (bicyclic) bond motifs is 4. The van der Waals surface area contributed by atoms with Gasteiger partial charge in [0.25, 0.3) is 0 Å². The lowest BCUT2D eigenvalue weighted by Crippen LogP contribution is -2.25. The van der Waals surface area contributed by atoms with Gasteiger partial charge >= 0.3 is 0 Å². The van der Waals surface area contributed by atoms with E-state index in [0.717, 1.165) is 22.7 Å². The highest BCUT2D eigenvalue weighted by molar-refractivity contribution is 6.54. The predicted octanol–water partition coefficient (Wildman–Crippen LogP) is 4.41. The van der Waals surface area contributed by atoms with Gasteiger partial charge in [0.15, 0.2) is 0 Å². The van der Waals surface area contributed by atoms with Crippen LogP contribution in [0.3, 0.4) is 0 Å². The Morgan fingerprint density at radius 1 is 1.03 bits per heavy atom. The molecule has 0 spiro atoms. The van der Waals surface area contributed by atoms with Gasteiger partial charge in [-0.2, -0.15) is 0 Å². The van der Waals surface area contributed by atoms with Crippen molar-refractivity contribution in [1.29, 1.82) is 0 Å². The molecule has 0 radical (unpaired) electrons. The van der Waals surface area contributed by atoms with Gasteiger partial charge in [-0.25, -0.2) is 0 Å². The standard InChI is InChI=1S/C25H22N4O2/c1-25(2)18-13-15(31-4)9-10-19(18)29(3)20(25)14-28-23-16-7-5-11-26-21(16)22-17(24(23)30)8-6-12-27-22/h5-14H,1-4H3/b20-14-,28-23?. The molecule has 0 fully saturated rings. The average molecular weight is 410 g/mol. The lowest BCUT2D eigenvalue weighted by Gasteiger charge is -2.23. The maximum Gasteiger partial charge on any atom is 0.214 e. The molecule has 0 unspecified atom stereocenters. The fourth-order valence-corrected chi connectivity index (χ4v) is 4.44. The molecule has 0 bridgehead atoms. The summed E-state index contributed by atoms with van der Waals surface area (Å²) in [7, 11) is 3.69. The summed E-state index contributed by atoms with van der Waals surface area (Å²) in [6.07, 6.45) is 5.19. The highest BCUT2D eigenvalue weighted by atomic mass is 16.5. The Hall–Kier alpha value is -3.80. The van der Waals surface area contributed by atoms with Crippen LogP contribution in [-0.4, -0.2) is 35.6 Å². The van der Waals surface area contributed by atoms with Crippen molar-refractivity contribution in [2.75, 3.05) is 19.1 Å². The number of ether oxygens (including phenoxy) is 1. The molecule has 1 aliphatic heterocycles. The van der Waals surface area contributed by atoms with E-state index in [0.29, 0.717) is 28.2 Å². The third-order valence-electron chi connectivity index (χ3n) is 6.11. The van der Waals surface area contributed by atoms with Crippen LogP contribution in [0, 0.1) is 0 Å². The van der Waals surface area contributed by atoms with E-state index in [2.05, 4.69) is 40.8 Å². The summed E-state index contributed by atoms with van der Waals surface area (Å²) in [6.45, 7) is 4.30. The Morgan fingerprint density at radius 3 is 2.42 bits per heavy atom. The molecule has 3 heterocycles. The first kappa shape index (κ1) is 19.2. The Labute approximate surface area is 180 Å². The molecule has 0 amide bonds. The van der Waals surface area contributed by atoms with Crippen molar-refractivity contribution >= 4 is 17.2 Å². The Kier molecular flexibility index (Phi) is 4.25. The minimum absolute atomic E-state index is 0.141. The van der Waals surface area contributed by atoms with Crippen molar-refractivity contribution in [2.45, 2.75) is 19.3 Å². The number of carbonyl (C=O) groups is 1. The third-order valence-corrected chi connectivity index (χ3v) is 6.11. The molecule has 2 aliphatic rings. The van der Waals surface area contributed by atoms with Crippen LogP contribution >= 0.6 is 0 Å². The summed E-state index contributed by atoms with van der Waals surface area (Å²) in [4.78, 5) is 29.0. The molecular weight excluding hydrogens is 388 g/mol. The number of Topliss-reactive ketones (excluding diaryl/α,β-unsaturated/α-hetero) is 1. The molecule has 0 saturated carbocycles. The van der Waals surface area contributed by atoms with Crippen LogP contribution in [0.1, 0.15) is 35.3 Å². The van der Waals surface area contributed by atoms with Gasteiger partial charge in [0.05, 0.1) is 18.4 Å². The summed E-state index contributed by atoms with van der Waals surface area (Å²) < 4.78 is 5.42. The smallest absolute Gasteiger partial charge is 0.214 e. The number of carbonyl (C=O) groups excluding carboxylic acids is 1. The molecule has 6 heteroatoms. The van der Waals surface area contributed by atoms with Gasteiger partial charge in [0.2, 0.25) is 5.78 Å². The molecule has 154 valence electrons. The van der Waals surface area contributed by atoms with E-state index in [1.54, 1.807) is 37.8 Å². The second kappa shape index (κ2) is 6.87. The number of hydrogen-bond donors (Lipinski definition) is 0. The highest BCUT2D eigenvalue weighted by Crippen LogP contribution is 2.48. The largest absolute Gasteiger partial charge is 0.497 e. The number of aliphatic imine (C=N–C) groups is 1. The highest BCUT2D eigenvalue weighted by Gasteiger charge is 2.39. The first-order chi connectivity index (χ1) is 14.9. The SMILES string of the molecule is COc1ccc2c(c1)C(C)(C)/C(=C/N=C1C(=O)c3cccnc3-c3ncccc31)N2C. The second-order valence-corrected chi connectivity index (χ2v) is 8.19. The molecule has 5 rings (SSSR count). The zero-order valence-electron chi connectivity index (χ0n) is 17.9. The topological polar surface area (TPSA) is 67.7 Å². The van der Waals surface area contributed by atoms with Crippen molar-refractivity contribution in [2.24, 2.45) is 4.99 Å². The number of rotatable bonds is 2. The van der Waals surface area contributed by atoms with Gasteiger partial charge in [0.1, 0.15) is 17.2 Å². The van der Waals surface area contributed by atoms with Crippen molar-refractivity contribution in [1.82, 2.24) is 9.97 Å². The van der Waals surface area contributed by atoms with Crippen LogP contribution in [0.5, 0.6) is 5.75 Å². The number of methoxy groups -OCH3 is 1. The summed E-state index contributed by atoms with van der Waals surface area (Å²) in [5, 5.41) is 0. The molecule has 3 aromatic rings. The van der Waals surface area contributed by atoms with E-state index in [1.807, 2.05) is 25.2 Å². The second-order valence-electron chi connectivity index (χ2n) is 8.19. The number of aromatic nitrogens is 2. The molecule has 0 saturated heterocycles. The van der Waals surface area contributed by atoms with Crippen LogP contribution in [0.15, 0.2) is 71.7 Å². The van der Waals surface area contributed by atoms with Gasteiger partial charge < -0.3 is 9.64 Å². The minimum atomic E-state index is -0.294. The molecule has 1 aliphatic carbocycles. The lowest BCUT2D eigenvalue weighted by atomic mass is 9.84. The monoisotopic (exact) mass is 410 g/mol. The van der Waals surface area contributed by atoms with Crippen LogP contribution in [0.2, 0.25) is 0 Å². The number of hydrogen-bond acceptors (Lipinski definition) is 6. The Bertz CT molecular complexity index is 1290. The average Bonchev–Trinajstić information content (AvgIpc) is 2.98. The fourth-order valence-electron chi connectivity index (χ4n) is 4.44. The zero-order valence-corrected chi connectivity index (χ0v) is 17.9. The number of pyridine rings is 2. The van der Waals surface area contributed by atoms with E-state index < -0.39 is 0 Å². The molecular formula is C25H22N4O2. The van der Waals surface area contributed by atoms with Crippen molar-refractivity contribution in [3.8, 4) is 17.1 Å². The molecule has 0 N–H and O–H groups in total. The Balaban J connectivity index is 1.64. The molecule has 31 heavy (non-hydrogen) atoms. The molecule has 2 aromatic heterocycles. The van der Waals surface area contributed by atoms with Gasteiger partial charge in [-0.05, 0) is 48.0 Å². The van der Waals surface area contributed by atoms with Crippen LogP contribution in [-0.2, 0) is 5.41 Å². The normalized spacial score (nSPS) is 18.7. The van der Waals surface area contributed by atoms with Crippen LogP contribution < -0.4 is 9.64 Å². The van der Waals surface area contributed by atoms with E-state index in [9.17, 15) is 4.79 Å². The quantitative estimate of drug-likeness (QED) is 0.626. The number of allylic oxidation sites excluding steroid dienone is 1. The van der Waals surface area contributed by atoms with Crippen molar-refractivity contribution < 1.29 is 9.53 Å². The molecule has 1 aromatic carbocycles. The number of ketones is 1. The van der Waals surface area contributed by atoms with Gasteiger partial charge in [-0.15, -0.1) is 0 Å². The predicted molar refractivity (Wildman–Crippen MR) is 121 cm³/mol. The number of anilines is 1. The van der Waals surface area contributed by atoms with E-state index in [-0.39, 0.29) is 11.2 Å². The van der Waals surface area contributed by atoms with E-state index >= 15 is 0 Å². The summed E-state index contributed by atoms with van der Waals surface area (Å²) in [6, 6.07) is 13.3. The van der Waals surface area contributed by atoms with Crippen molar-refractivity contribution in [3.63, 3.8) is 0 Å². The third kappa shape index (κ3) is 2.79. The van der Waals surface area contributed by atoms with E-state index in [4.69, 9.17) is 9.73 Å². The fraction of sp³-hybridized carbons (Fsp3) is 0.200. The summed E-state index contributed by atoms with van der Waals surface area (Å²) >= 11 is 0. The van der Waals surface area contributed by atoms with Gasteiger partial charge in [-0.1, -0.05) is 13.8 Å². The first-order valence-corrected chi connectivity index (χ1v) is 10.1. The van der Waals surface area contributed by atoms with Gasteiger partial charge in [-0.3, -0.25) is 19.8 Å². The van der Waals surface area contributed by atoms with Crippen LogP contribution in [0.25, 0.3) is 11.4 Å². The lowest BCUT2D eigenvalue weighted by molar-refractivity contribution is 0.106. The number of nitrogens with zero attached hydrogens (tertiary/aromatic N) is 4. The maximum atomic E-state index is 13.3. The summed E-state index contributed by atoms with van der Waals surface area (Å²) in [5.41, 5.74) is 5.86. The van der Waals surface area contributed by atoms with E-state index in [1.165, 1.54) is 0 Å². The number of benzene rings is 1. The van der Waals surface area contributed by atoms with Crippen LogP contribution in [0.4, 0.5) is 5.69 Å².